The van der Waals surface area contributed by atoms with E-state index in [1.165, 1.54) is 77.0 Å². The zero-order chi connectivity index (χ0) is 18.9. The second-order valence-electron chi connectivity index (χ2n) is 7.32. The fourth-order valence-electron chi connectivity index (χ4n) is 3.27. The number of carbonyl (C=O) groups is 1. The Morgan fingerprint density at radius 3 is 1.92 bits per heavy atom. The Hall–Kier alpha value is -1.51. The summed E-state index contributed by atoms with van der Waals surface area (Å²) in [6.07, 6.45) is 22.0. The lowest BCUT2D eigenvalue weighted by Crippen LogP contribution is -2.03. The van der Waals surface area contributed by atoms with E-state index >= 15 is 0 Å². The molecule has 0 aliphatic carbocycles. The minimum absolute atomic E-state index is 0.376. The first-order chi connectivity index (χ1) is 12.7. The monoisotopic (exact) mass is 362 g/mol. The van der Waals surface area contributed by atoms with Gasteiger partial charge in [0.15, 0.2) is 0 Å². The Labute approximate surface area is 159 Å². The van der Waals surface area contributed by atoms with Crippen LogP contribution in [0, 0.1) is 0 Å². The van der Waals surface area contributed by atoms with Gasteiger partial charge in [0, 0.05) is 12.0 Å². The molecule has 1 aromatic heterocycles. The van der Waals surface area contributed by atoms with Crippen molar-refractivity contribution >= 4 is 5.97 Å². The molecule has 0 amide bonds. The van der Waals surface area contributed by atoms with Crippen LogP contribution in [0.5, 0.6) is 0 Å². The molecular formula is C23H38O3. The highest BCUT2D eigenvalue weighted by Crippen LogP contribution is 2.14. The van der Waals surface area contributed by atoms with E-state index in [-0.39, 0.29) is 0 Å². The normalized spacial score (nSPS) is 11.8. The highest BCUT2D eigenvalue weighted by Gasteiger charge is 2.09. The van der Waals surface area contributed by atoms with Crippen LogP contribution in [-0.4, -0.2) is 11.1 Å². The van der Waals surface area contributed by atoms with Crippen LogP contribution in [0.2, 0.25) is 0 Å². The number of unbranched alkanes of at least 4 members (excludes halogenated alkanes) is 13. The van der Waals surface area contributed by atoms with Gasteiger partial charge < -0.3 is 9.52 Å². The Morgan fingerprint density at radius 1 is 0.923 bits per heavy atom. The molecule has 1 N–H and O–H groups in total. The molecule has 1 heterocycles. The highest BCUT2D eigenvalue weighted by molar-refractivity contribution is 5.86. The molecule has 0 aromatic carbocycles. The summed E-state index contributed by atoms with van der Waals surface area (Å²) in [5.41, 5.74) is 0.443. The number of rotatable bonds is 17. The summed E-state index contributed by atoms with van der Waals surface area (Å²) in [6, 6.07) is 3.61. The average molecular weight is 363 g/mol. The Morgan fingerprint density at radius 2 is 1.46 bits per heavy atom. The van der Waals surface area contributed by atoms with Crippen LogP contribution in [0.4, 0.5) is 0 Å². The molecule has 0 aliphatic rings. The zero-order valence-electron chi connectivity index (χ0n) is 16.7. The standard InChI is InChI=1S/C23H38O3/c1-2-3-4-5-6-7-8-9-10-11-12-13-14-15-17-21(23(24)25)20-22-18-16-19-26-22/h16-19H,2-15,20H2,1H3,(H,24,25). The molecule has 0 aliphatic heterocycles. The fraction of sp³-hybridized carbons (Fsp3) is 0.696. The van der Waals surface area contributed by atoms with Gasteiger partial charge in [-0.3, -0.25) is 0 Å². The number of hydrogen-bond acceptors (Lipinski definition) is 2. The van der Waals surface area contributed by atoms with Gasteiger partial charge in [-0.1, -0.05) is 90.0 Å². The molecule has 1 aromatic rings. The minimum Gasteiger partial charge on any atom is -0.478 e. The number of allylic oxidation sites excluding steroid dienone is 1. The van der Waals surface area contributed by atoms with Crippen LogP contribution < -0.4 is 0 Å². The van der Waals surface area contributed by atoms with Crippen molar-refractivity contribution in [1.29, 1.82) is 0 Å². The van der Waals surface area contributed by atoms with Crippen molar-refractivity contribution in [2.75, 3.05) is 0 Å². The van der Waals surface area contributed by atoms with E-state index in [4.69, 9.17) is 4.42 Å². The maximum absolute atomic E-state index is 11.3. The molecule has 0 bridgehead atoms. The third kappa shape index (κ3) is 11.9. The topological polar surface area (TPSA) is 50.4 Å². The second kappa shape index (κ2) is 15.7. The summed E-state index contributed by atoms with van der Waals surface area (Å²) in [5, 5.41) is 9.27. The fourth-order valence-corrected chi connectivity index (χ4v) is 3.27. The molecule has 0 atom stereocenters. The van der Waals surface area contributed by atoms with Crippen molar-refractivity contribution in [3.63, 3.8) is 0 Å². The Balaban J connectivity index is 1.95. The van der Waals surface area contributed by atoms with Crippen molar-refractivity contribution in [3.05, 3.63) is 35.8 Å². The summed E-state index contributed by atoms with van der Waals surface area (Å²) >= 11 is 0. The summed E-state index contributed by atoms with van der Waals surface area (Å²) in [5.74, 6) is -0.125. The van der Waals surface area contributed by atoms with Crippen LogP contribution in [0.1, 0.15) is 103 Å². The molecular weight excluding hydrogens is 324 g/mol. The van der Waals surface area contributed by atoms with E-state index in [1.807, 2.05) is 12.1 Å². The molecule has 3 nitrogen and oxygen atoms in total. The lowest BCUT2D eigenvalue weighted by Gasteiger charge is -2.03. The van der Waals surface area contributed by atoms with Gasteiger partial charge >= 0.3 is 5.97 Å². The van der Waals surface area contributed by atoms with Crippen LogP contribution in [-0.2, 0) is 11.2 Å². The lowest BCUT2D eigenvalue weighted by molar-refractivity contribution is -0.132. The smallest absolute Gasteiger partial charge is 0.331 e. The zero-order valence-corrected chi connectivity index (χ0v) is 16.7. The van der Waals surface area contributed by atoms with Crippen LogP contribution in [0.3, 0.4) is 0 Å². The van der Waals surface area contributed by atoms with Gasteiger partial charge in [0.05, 0.1) is 6.26 Å². The molecule has 0 saturated heterocycles. The van der Waals surface area contributed by atoms with Gasteiger partial charge in [0.2, 0.25) is 0 Å². The van der Waals surface area contributed by atoms with Gasteiger partial charge in [-0.2, -0.15) is 0 Å². The second-order valence-corrected chi connectivity index (χ2v) is 7.32. The van der Waals surface area contributed by atoms with Crippen molar-refractivity contribution in [1.82, 2.24) is 0 Å². The first kappa shape index (κ1) is 22.5. The van der Waals surface area contributed by atoms with E-state index < -0.39 is 5.97 Å². The van der Waals surface area contributed by atoms with Gasteiger partial charge in [-0.15, -0.1) is 0 Å². The molecule has 0 saturated carbocycles. The quantitative estimate of drug-likeness (QED) is 0.233. The van der Waals surface area contributed by atoms with E-state index in [0.717, 1.165) is 12.8 Å². The summed E-state index contributed by atoms with van der Waals surface area (Å²) in [6.45, 7) is 2.27. The highest BCUT2D eigenvalue weighted by atomic mass is 16.4. The van der Waals surface area contributed by atoms with Gasteiger partial charge in [0.25, 0.3) is 0 Å². The summed E-state index contributed by atoms with van der Waals surface area (Å²) in [7, 11) is 0. The number of carboxylic acid groups (broad SMARTS) is 1. The van der Waals surface area contributed by atoms with E-state index in [1.54, 1.807) is 12.3 Å². The number of furan rings is 1. The maximum atomic E-state index is 11.3. The molecule has 26 heavy (non-hydrogen) atoms. The van der Waals surface area contributed by atoms with Crippen molar-refractivity contribution in [2.24, 2.45) is 0 Å². The first-order valence-electron chi connectivity index (χ1n) is 10.7. The molecule has 0 unspecified atom stereocenters. The Kier molecular flexibility index (Phi) is 13.6. The number of aliphatic carboxylic acids is 1. The van der Waals surface area contributed by atoms with Gasteiger partial charge in [-0.25, -0.2) is 4.79 Å². The predicted octanol–water partition coefficient (Wildman–Crippen LogP) is 7.31. The molecule has 0 radical (unpaired) electrons. The SMILES string of the molecule is CCCCCCCCCCCCCCCC=C(Cc1ccco1)C(=O)O. The van der Waals surface area contributed by atoms with E-state index in [0.29, 0.717) is 17.8 Å². The number of hydrogen-bond donors (Lipinski definition) is 1. The Bertz CT molecular complexity index is 474. The van der Waals surface area contributed by atoms with Gasteiger partial charge in [0.1, 0.15) is 5.76 Å². The van der Waals surface area contributed by atoms with Crippen molar-refractivity contribution < 1.29 is 14.3 Å². The van der Waals surface area contributed by atoms with Crippen LogP contribution in [0.15, 0.2) is 34.5 Å². The third-order valence-corrected chi connectivity index (χ3v) is 4.92. The first-order valence-corrected chi connectivity index (χ1v) is 10.7. The van der Waals surface area contributed by atoms with Crippen molar-refractivity contribution in [2.45, 2.75) is 103 Å². The minimum atomic E-state index is -0.837. The largest absolute Gasteiger partial charge is 0.478 e. The molecule has 0 spiro atoms. The molecule has 148 valence electrons. The molecule has 1 rings (SSSR count). The van der Waals surface area contributed by atoms with Crippen LogP contribution >= 0.6 is 0 Å². The summed E-state index contributed by atoms with van der Waals surface area (Å²) in [4.78, 5) is 11.3. The molecule has 0 fully saturated rings. The third-order valence-electron chi connectivity index (χ3n) is 4.92. The van der Waals surface area contributed by atoms with Gasteiger partial charge in [-0.05, 0) is 25.0 Å². The van der Waals surface area contributed by atoms with E-state index in [2.05, 4.69) is 6.92 Å². The number of carboxylic acids is 1. The summed E-state index contributed by atoms with van der Waals surface area (Å²) < 4.78 is 5.23. The lowest BCUT2D eigenvalue weighted by atomic mass is 10.0. The van der Waals surface area contributed by atoms with E-state index in [9.17, 15) is 9.90 Å². The molecule has 3 heteroatoms. The van der Waals surface area contributed by atoms with Crippen molar-refractivity contribution in [3.8, 4) is 0 Å². The maximum Gasteiger partial charge on any atom is 0.331 e. The predicted molar refractivity (Wildman–Crippen MR) is 108 cm³/mol. The van der Waals surface area contributed by atoms with Crippen LogP contribution in [0.25, 0.3) is 0 Å². The average Bonchev–Trinajstić information content (AvgIpc) is 3.14.